The monoisotopic (exact) mass is 340 g/mol. The van der Waals surface area contributed by atoms with Crippen LogP contribution in [0.1, 0.15) is 49.5 Å². The van der Waals surface area contributed by atoms with Gasteiger partial charge < -0.3 is 16.6 Å². The van der Waals surface area contributed by atoms with E-state index >= 15 is 0 Å². The van der Waals surface area contributed by atoms with Crippen LogP contribution in [0.4, 0.5) is 5.82 Å². The van der Waals surface area contributed by atoms with E-state index in [1.807, 2.05) is 26.0 Å². The third-order valence-electron chi connectivity index (χ3n) is 4.91. The predicted molar refractivity (Wildman–Crippen MR) is 100.0 cm³/mol. The fraction of sp³-hybridized carbons (Fsp3) is 0.368. The van der Waals surface area contributed by atoms with Crippen molar-refractivity contribution in [2.24, 2.45) is 11.7 Å². The van der Waals surface area contributed by atoms with Crippen molar-refractivity contribution in [2.45, 2.75) is 39.7 Å². The van der Waals surface area contributed by atoms with Crippen molar-refractivity contribution in [3.05, 3.63) is 41.1 Å². The Bertz CT molecular complexity index is 921. The number of anilines is 1. The third kappa shape index (κ3) is 2.62. The highest BCUT2D eigenvalue weighted by atomic mass is 16.3. The molecule has 1 aliphatic rings. The molecule has 2 aromatic heterocycles. The molecule has 25 heavy (non-hydrogen) atoms. The Morgan fingerprint density at radius 1 is 1.40 bits per heavy atom. The van der Waals surface area contributed by atoms with Gasteiger partial charge in [0, 0.05) is 23.2 Å². The summed E-state index contributed by atoms with van der Waals surface area (Å²) < 4.78 is 1.76. The molecule has 1 aliphatic carbocycles. The van der Waals surface area contributed by atoms with Crippen molar-refractivity contribution in [1.29, 1.82) is 0 Å². The van der Waals surface area contributed by atoms with Crippen LogP contribution in [0.3, 0.4) is 0 Å². The molecule has 2 aromatic rings. The number of carbonyl (C=O) groups excluding carboxylic acids is 1. The molecule has 6 heteroatoms. The Morgan fingerprint density at radius 2 is 2.08 bits per heavy atom. The van der Waals surface area contributed by atoms with E-state index in [1.54, 1.807) is 16.8 Å². The van der Waals surface area contributed by atoms with Crippen LogP contribution in [0.15, 0.2) is 30.0 Å². The summed E-state index contributed by atoms with van der Waals surface area (Å²) in [5.41, 5.74) is 15.6. The highest BCUT2D eigenvalue weighted by Crippen LogP contribution is 2.37. The lowest BCUT2D eigenvalue weighted by atomic mass is 9.91. The molecule has 0 fully saturated rings. The third-order valence-corrected chi connectivity index (χ3v) is 4.91. The van der Waals surface area contributed by atoms with Gasteiger partial charge in [-0.2, -0.15) is 0 Å². The maximum atomic E-state index is 12.1. The number of nitrogens with zero attached hydrogens (tertiary/aromatic N) is 2. The Hall–Kier alpha value is -2.60. The zero-order chi connectivity index (χ0) is 18.5. The van der Waals surface area contributed by atoms with Crippen LogP contribution in [0.25, 0.3) is 16.7 Å². The van der Waals surface area contributed by atoms with Crippen molar-refractivity contribution in [1.82, 2.24) is 9.55 Å². The summed E-state index contributed by atoms with van der Waals surface area (Å²) in [5.74, 6) is -0.238. The number of amides is 1. The zero-order valence-electron chi connectivity index (χ0n) is 14.9. The van der Waals surface area contributed by atoms with Crippen LogP contribution < -0.4 is 11.5 Å². The van der Waals surface area contributed by atoms with E-state index in [2.05, 4.69) is 18.8 Å². The number of allylic oxidation sites excluding steroid dienone is 2. The molecule has 0 radical (unpaired) electrons. The first-order valence-electron chi connectivity index (χ1n) is 8.41. The topological polar surface area (TPSA) is 107 Å². The lowest BCUT2D eigenvalue weighted by Crippen LogP contribution is -2.24. The van der Waals surface area contributed by atoms with Gasteiger partial charge in [0.25, 0.3) is 5.91 Å². The van der Waals surface area contributed by atoms with Gasteiger partial charge in [-0.25, -0.2) is 4.98 Å². The SMILES string of the molecule is CC1=C(n2c(N)c(C(N)=O)c3cc(C(C)C)cnc32)C(C)C(O)C=C1. The Kier molecular flexibility index (Phi) is 4.16. The number of carbonyl (C=O) groups is 1. The lowest BCUT2D eigenvalue weighted by Gasteiger charge is -2.27. The number of aliphatic hydroxyl groups is 1. The summed E-state index contributed by atoms with van der Waals surface area (Å²) in [4.78, 5) is 16.6. The van der Waals surface area contributed by atoms with Gasteiger partial charge in [0.15, 0.2) is 0 Å². The van der Waals surface area contributed by atoms with Crippen molar-refractivity contribution in [2.75, 3.05) is 5.73 Å². The molecule has 2 unspecified atom stereocenters. The molecule has 0 bridgehead atoms. The van der Waals surface area contributed by atoms with Gasteiger partial charge in [0.05, 0.1) is 11.7 Å². The van der Waals surface area contributed by atoms with Crippen molar-refractivity contribution < 1.29 is 9.90 Å². The summed E-state index contributed by atoms with van der Waals surface area (Å²) in [5, 5.41) is 10.9. The number of nitrogens with two attached hydrogens (primary N) is 2. The molecule has 5 N–H and O–H groups in total. The number of primary amides is 1. The summed E-state index contributed by atoms with van der Waals surface area (Å²) in [6.45, 7) is 7.99. The van der Waals surface area contributed by atoms with Crippen molar-refractivity contribution in [3.63, 3.8) is 0 Å². The van der Waals surface area contributed by atoms with Crippen LogP contribution in [-0.4, -0.2) is 26.7 Å². The standard InChI is InChI=1S/C19H24N4O2/c1-9(2)12-7-13-15(18(21)25)17(20)23(19(13)22-8-12)16-10(3)5-6-14(24)11(16)4/h5-9,11,14,24H,20H2,1-4H3,(H2,21,25). The summed E-state index contributed by atoms with van der Waals surface area (Å²) >= 11 is 0. The molecule has 2 heterocycles. The number of aliphatic hydroxyl groups excluding tert-OH is 1. The molecule has 0 aromatic carbocycles. The number of nitrogen functional groups attached to an aromatic ring is 1. The van der Waals surface area contributed by atoms with E-state index in [0.717, 1.165) is 16.8 Å². The molecule has 6 nitrogen and oxygen atoms in total. The van der Waals surface area contributed by atoms with E-state index in [4.69, 9.17) is 11.5 Å². The van der Waals surface area contributed by atoms with E-state index < -0.39 is 12.0 Å². The molecular formula is C19H24N4O2. The van der Waals surface area contributed by atoms with Crippen LogP contribution in [-0.2, 0) is 0 Å². The number of pyridine rings is 1. The molecule has 2 atom stereocenters. The van der Waals surface area contributed by atoms with Gasteiger partial charge >= 0.3 is 0 Å². The van der Waals surface area contributed by atoms with E-state index in [0.29, 0.717) is 11.0 Å². The number of rotatable bonds is 3. The maximum absolute atomic E-state index is 12.1. The van der Waals surface area contributed by atoms with Crippen LogP contribution >= 0.6 is 0 Å². The van der Waals surface area contributed by atoms with E-state index in [1.165, 1.54) is 0 Å². The molecule has 0 saturated heterocycles. The second-order valence-electron chi connectivity index (χ2n) is 6.96. The molecule has 132 valence electrons. The first-order chi connectivity index (χ1) is 11.7. The number of hydrogen-bond acceptors (Lipinski definition) is 4. The number of aromatic nitrogens is 2. The summed E-state index contributed by atoms with van der Waals surface area (Å²) in [7, 11) is 0. The average molecular weight is 340 g/mol. The Labute approximate surface area is 146 Å². The van der Waals surface area contributed by atoms with Gasteiger partial charge in [-0.15, -0.1) is 0 Å². The quantitative estimate of drug-likeness (QED) is 0.798. The van der Waals surface area contributed by atoms with Gasteiger partial charge in [-0.05, 0) is 30.0 Å². The molecule has 0 aliphatic heterocycles. The minimum absolute atomic E-state index is 0.185. The molecule has 3 rings (SSSR count). The van der Waals surface area contributed by atoms with E-state index in [-0.39, 0.29) is 23.2 Å². The minimum Gasteiger partial charge on any atom is -0.388 e. The first kappa shape index (κ1) is 17.2. The summed E-state index contributed by atoms with van der Waals surface area (Å²) in [6.07, 6.45) is 4.79. The molecular weight excluding hydrogens is 316 g/mol. The Morgan fingerprint density at radius 3 is 2.68 bits per heavy atom. The minimum atomic E-state index is -0.623. The second kappa shape index (κ2) is 6.04. The number of fused-ring (bicyclic) bond motifs is 1. The fourth-order valence-corrected chi connectivity index (χ4v) is 3.41. The fourth-order valence-electron chi connectivity index (χ4n) is 3.41. The van der Waals surface area contributed by atoms with Gasteiger partial charge in [0.2, 0.25) is 0 Å². The van der Waals surface area contributed by atoms with Crippen molar-refractivity contribution >= 4 is 28.5 Å². The predicted octanol–water partition coefficient (Wildman–Crippen LogP) is 2.64. The van der Waals surface area contributed by atoms with Gasteiger partial charge in [-0.3, -0.25) is 9.36 Å². The maximum Gasteiger partial charge on any atom is 0.253 e. The lowest BCUT2D eigenvalue weighted by molar-refractivity contribution is 0.100. The van der Waals surface area contributed by atoms with E-state index in [9.17, 15) is 9.90 Å². The Balaban J connectivity index is 2.39. The van der Waals surface area contributed by atoms with Gasteiger partial charge in [-0.1, -0.05) is 32.9 Å². The highest BCUT2D eigenvalue weighted by molar-refractivity contribution is 6.11. The van der Waals surface area contributed by atoms with Crippen LogP contribution in [0.5, 0.6) is 0 Å². The molecule has 1 amide bonds. The zero-order valence-corrected chi connectivity index (χ0v) is 14.9. The molecule has 0 spiro atoms. The molecule has 0 saturated carbocycles. The average Bonchev–Trinajstić information content (AvgIpc) is 2.83. The van der Waals surface area contributed by atoms with Crippen LogP contribution in [0, 0.1) is 5.92 Å². The second-order valence-corrected chi connectivity index (χ2v) is 6.96. The summed E-state index contributed by atoms with van der Waals surface area (Å²) in [6, 6.07) is 1.93. The van der Waals surface area contributed by atoms with Gasteiger partial charge in [0.1, 0.15) is 11.5 Å². The largest absolute Gasteiger partial charge is 0.388 e. The smallest absolute Gasteiger partial charge is 0.253 e. The number of hydrogen-bond donors (Lipinski definition) is 3. The van der Waals surface area contributed by atoms with Crippen LogP contribution in [0.2, 0.25) is 0 Å². The van der Waals surface area contributed by atoms with Crippen molar-refractivity contribution in [3.8, 4) is 0 Å². The highest BCUT2D eigenvalue weighted by Gasteiger charge is 2.29. The first-order valence-corrected chi connectivity index (χ1v) is 8.41. The normalized spacial score (nSPS) is 20.7.